The van der Waals surface area contributed by atoms with Gasteiger partial charge in [-0.15, -0.1) is 12.4 Å². The molecule has 3 amide bonds. The highest BCUT2D eigenvalue weighted by Gasteiger charge is 2.45. The zero-order chi connectivity index (χ0) is 28.2. The van der Waals surface area contributed by atoms with Crippen LogP contribution in [0.15, 0.2) is 18.3 Å². The Morgan fingerprint density at radius 1 is 1.02 bits per heavy atom. The van der Waals surface area contributed by atoms with Gasteiger partial charge in [0, 0.05) is 82.8 Å². The van der Waals surface area contributed by atoms with Crippen LogP contribution in [0.3, 0.4) is 0 Å². The Labute approximate surface area is 255 Å². The lowest BCUT2D eigenvalue weighted by molar-refractivity contribution is -0.147. The van der Waals surface area contributed by atoms with Crippen molar-refractivity contribution in [3.63, 3.8) is 0 Å². The first-order chi connectivity index (χ1) is 19.3. The van der Waals surface area contributed by atoms with E-state index in [4.69, 9.17) is 16.3 Å². The van der Waals surface area contributed by atoms with Crippen molar-refractivity contribution >= 4 is 41.7 Å². The lowest BCUT2D eigenvalue weighted by atomic mass is 9.83. The first-order valence-corrected chi connectivity index (χ1v) is 15.5. The molecule has 228 valence electrons. The summed E-state index contributed by atoms with van der Waals surface area (Å²) in [4.78, 5) is 50.7. The molecule has 1 aromatic heterocycles. The second-order valence-electron chi connectivity index (χ2n) is 12.2. The number of amides is 3. The van der Waals surface area contributed by atoms with Crippen LogP contribution in [0.4, 0.5) is 0 Å². The van der Waals surface area contributed by atoms with Gasteiger partial charge >= 0.3 is 0 Å². The molecule has 1 N–H and O–H groups in total. The number of hydrogen-bond donors (Lipinski definition) is 1. The molecule has 4 atom stereocenters. The molecule has 0 aromatic carbocycles. The highest BCUT2D eigenvalue weighted by atomic mass is 35.5. The van der Waals surface area contributed by atoms with Crippen LogP contribution in [0.5, 0.6) is 0 Å². The Bertz CT molecular complexity index is 1050. The zero-order valence-electron chi connectivity index (χ0n) is 24.3. The third-order valence-corrected chi connectivity index (χ3v) is 9.69. The first kappa shape index (κ1) is 32.0. The summed E-state index contributed by atoms with van der Waals surface area (Å²) in [5.74, 6) is -0.0438. The number of pyridine rings is 1. The van der Waals surface area contributed by atoms with Gasteiger partial charge in [-0.05, 0) is 50.7 Å². The molecule has 0 bridgehead atoms. The number of hydrogen-bond acceptors (Lipinski definition) is 6. The molecule has 1 aromatic rings. The number of aromatic nitrogens is 1. The molecule has 0 spiro atoms. The van der Waals surface area contributed by atoms with E-state index in [1.54, 1.807) is 6.20 Å². The van der Waals surface area contributed by atoms with E-state index in [0.717, 1.165) is 64.0 Å². The van der Waals surface area contributed by atoms with Gasteiger partial charge in [0.25, 0.3) is 0 Å². The van der Waals surface area contributed by atoms with Crippen LogP contribution in [0.2, 0.25) is 5.02 Å². The van der Waals surface area contributed by atoms with E-state index in [1.807, 2.05) is 28.9 Å². The average molecular weight is 611 g/mol. The highest BCUT2D eigenvalue weighted by Crippen LogP contribution is 2.36. The first-order valence-electron chi connectivity index (χ1n) is 15.1. The number of likely N-dealkylation sites (tertiary alicyclic amines) is 1. The Morgan fingerprint density at radius 3 is 2.39 bits per heavy atom. The summed E-state index contributed by atoms with van der Waals surface area (Å²) in [6.45, 7) is 8.01. The van der Waals surface area contributed by atoms with Crippen LogP contribution >= 0.6 is 24.0 Å². The van der Waals surface area contributed by atoms with Gasteiger partial charge in [-0.3, -0.25) is 24.3 Å². The van der Waals surface area contributed by atoms with Gasteiger partial charge in [0.15, 0.2) is 0 Å². The van der Waals surface area contributed by atoms with Crippen LogP contribution in [0, 0.1) is 11.8 Å². The summed E-state index contributed by atoms with van der Waals surface area (Å²) in [7, 11) is 0. The molecule has 3 saturated heterocycles. The molecule has 9 nitrogen and oxygen atoms in total. The van der Waals surface area contributed by atoms with E-state index in [9.17, 15) is 14.4 Å². The normalized spacial score (nSPS) is 27.2. The average Bonchev–Trinajstić information content (AvgIpc) is 3.42. The number of nitrogens with one attached hydrogen (secondary N) is 1. The van der Waals surface area contributed by atoms with Crippen molar-refractivity contribution in [3.8, 4) is 0 Å². The van der Waals surface area contributed by atoms with E-state index >= 15 is 0 Å². The molecule has 11 heteroatoms. The van der Waals surface area contributed by atoms with Gasteiger partial charge in [0.2, 0.25) is 17.7 Å². The Kier molecular flexibility index (Phi) is 11.3. The number of carbonyl (C=O) groups is 3. The van der Waals surface area contributed by atoms with Crippen LogP contribution < -0.4 is 5.32 Å². The maximum atomic E-state index is 14.1. The lowest BCUT2D eigenvalue weighted by Crippen LogP contribution is -2.61. The number of piperazine rings is 1. The second kappa shape index (κ2) is 14.5. The van der Waals surface area contributed by atoms with E-state index in [2.05, 4.69) is 15.2 Å². The molecule has 41 heavy (non-hydrogen) atoms. The Hall–Kier alpha value is -1.94. The number of rotatable bonds is 6. The van der Waals surface area contributed by atoms with E-state index in [0.29, 0.717) is 37.2 Å². The Balaban J connectivity index is 0.00000387. The lowest BCUT2D eigenvalue weighted by Gasteiger charge is -2.43. The predicted octanol–water partition coefficient (Wildman–Crippen LogP) is 3.50. The van der Waals surface area contributed by atoms with Gasteiger partial charge in [-0.1, -0.05) is 30.9 Å². The van der Waals surface area contributed by atoms with Crippen LogP contribution in [-0.2, 0) is 19.1 Å². The van der Waals surface area contributed by atoms with Crippen molar-refractivity contribution in [2.24, 2.45) is 11.8 Å². The van der Waals surface area contributed by atoms with Crippen molar-refractivity contribution in [2.45, 2.75) is 82.8 Å². The molecule has 1 saturated carbocycles. The second-order valence-corrected chi connectivity index (χ2v) is 12.6. The van der Waals surface area contributed by atoms with E-state index in [1.165, 1.54) is 13.3 Å². The van der Waals surface area contributed by atoms with Crippen LogP contribution in [-0.4, -0.2) is 101 Å². The number of nitrogens with zero attached hydrogens (tertiary/aromatic N) is 4. The van der Waals surface area contributed by atoms with Gasteiger partial charge < -0.3 is 19.9 Å². The fraction of sp³-hybridized carbons (Fsp3) is 0.733. The Morgan fingerprint density at radius 2 is 1.76 bits per heavy atom. The van der Waals surface area contributed by atoms with Crippen molar-refractivity contribution in [1.82, 2.24) is 25.0 Å². The standard InChI is InChI=1S/C30H44ClN5O4.ClH/c1-20-17-34(12-13-36(20)30(39)28(33-21(2)37)22-6-4-3-5-7-22)29(38)26-19-35(24-10-14-40-15-11-24)18-25(26)27-9-8-23(31)16-32-27;/h8-9,16,20,22,24-26,28H,3-7,10-15,17-19H2,1-2H3,(H,33,37);1H/t20-,25-,26-,28+;/m1./s1. The fourth-order valence-corrected chi connectivity index (χ4v) is 7.42. The summed E-state index contributed by atoms with van der Waals surface area (Å²) < 4.78 is 5.59. The summed E-state index contributed by atoms with van der Waals surface area (Å²) in [5, 5.41) is 3.56. The molecular weight excluding hydrogens is 565 g/mol. The van der Waals surface area contributed by atoms with Gasteiger partial charge in [0.1, 0.15) is 6.04 Å². The summed E-state index contributed by atoms with van der Waals surface area (Å²) >= 11 is 6.13. The molecule has 4 heterocycles. The molecule has 4 aliphatic rings. The molecule has 0 radical (unpaired) electrons. The van der Waals surface area contributed by atoms with Crippen molar-refractivity contribution < 1.29 is 19.1 Å². The summed E-state index contributed by atoms with van der Waals surface area (Å²) in [6, 6.07) is 3.62. The molecule has 3 aliphatic heterocycles. The maximum Gasteiger partial charge on any atom is 0.245 e. The number of halogens is 2. The monoisotopic (exact) mass is 609 g/mol. The van der Waals surface area contributed by atoms with Gasteiger partial charge in [-0.2, -0.15) is 0 Å². The highest BCUT2D eigenvalue weighted by molar-refractivity contribution is 6.30. The van der Waals surface area contributed by atoms with Crippen molar-refractivity contribution in [1.29, 1.82) is 0 Å². The minimum absolute atomic E-state index is 0. The summed E-state index contributed by atoms with van der Waals surface area (Å²) in [5.41, 5.74) is 0.907. The molecule has 1 aliphatic carbocycles. The number of carbonyl (C=O) groups excluding carboxylic acids is 3. The maximum absolute atomic E-state index is 14.1. The van der Waals surface area contributed by atoms with Crippen molar-refractivity contribution in [3.05, 3.63) is 29.0 Å². The SMILES string of the molecule is CC(=O)N[C@H](C(=O)N1CCN(C(=O)[C@@H]2CN(C3CCOCC3)C[C@H]2c2ccc(Cl)cn2)C[C@H]1C)C1CCCCC1.Cl. The topological polar surface area (TPSA) is 95.1 Å². The quantitative estimate of drug-likeness (QED) is 0.530. The predicted molar refractivity (Wildman–Crippen MR) is 160 cm³/mol. The third kappa shape index (κ3) is 7.53. The molecule has 0 unspecified atom stereocenters. The largest absolute Gasteiger partial charge is 0.381 e. The van der Waals surface area contributed by atoms with Crippen molar-refractivity contribution in [2.75, 3.05) is 45.9 Å². The smallest absolute Gasteiger partial charge is 0.245 e. The molecule has 4 fully saturated rings. The summed E-state index contributed by atoms with van der Waals surface area (Å²) in [6.07, 6.45) is 8.95. The van der Waals surface area contributed by atoms with Gasteiger partial charge in [-0.25, -0.2) is 0 Å². The van der Waals surface area contributed by atoms with Crippen LogP contribution in [0.25, 0.3) is 0 Å². The minimum Gasteiger partial charge on any atom is -0.381 e. The van der Waals surface area contributed by atoms with Crippen LogP contribution in [0.1, 0.15) is 70.4 Å². The minimum atomic E-state index is -0.481. The zero-order valence-corrected chi connectivity index (χ0v) is 25.9. The van der Waals surface area contributed by atoms with Gasteiger partial charge in [0.05, 0.1) is 10.9 Å². The fourth-order valence-electron chi connectivity index (χ4n) is 7.31. The molecule has 5 rings (SSSR count). The third-order valence-electron chi connectivity index (χ3n) is 9.47. The van der Waals surface area contributed by atoms with E-state index in [-0.39, 0.29) is 53.9 Å². The number of ether oxygens (including phenoxy) is 1. The van der Waals surface area contributed by atoms with E-state index < -0.39 is 6.04 Å². The molecular formula is C30H45Cl2N5O4.